The van der Waals surface area contributed by atoms with Crippen LogP contribution in [0.25, 0.3) is 0 Å². The van der Waals surface area contributed by atoms with Gasteiger partial charge in [0.15, 0.2) is 18.5 Å². The first-order valence-electron chi connectivity index (χ1n) is 9.73. The van der Waals surface area contributed by atoms with E-state index in [1.807, 2.05) is 0 Å². The number of carbonyl (C=O) groups is 5. The Bertz CT molecular complexity index is 870. The zero-order valence-corrected chi connectivity index (χ0v) is 18.1. The van der Waals surface area contributed by atoms with Gasteiger partial charge in [0.25, 0.3) is 0 Å². The van der Waals surface area contributed by atoms with E-state index in [0.29, 0.717) is 6.29 Å². The van der Waals surface area contributed by atoms with Gasteiger partial charge in [0.2, 0.25) is 12.2 Å². The summed E-state index contributed by atoms with van der Waals surface area (Å²) in [5.74, 6) is -2.42. The SMILES string of the molecule is CC(=O)N[C@@H]1[C@H](Oc2ccccc2C=O)O[C@H](COC(C)=O)[C@@H](OC(C)=O)[C@@H]1OC(C)=O. The maximum absolute atomic E-state index is 11.9. The molecule has 1 aromatic rings. The molecule has 0 spiro atoms. The first-order chi connectivity index (χ1) is 15.1. The fourth-order valence-electron chi connectivity index (χ4n) is 3.20. The van der Waals surface area contributed by atoms with Gasteiger partial charge in [-0.05, 0) is 12.1 Å². The highest BCUT2D eigenvalue weighted by Gasteiger charge is 2.52. The summed E-state index contributed by atoms with van der Waals surface area (Å²) in [7, 11) is 0. The van der Waals surface area contributed by atoms with Crippen LogP contribution in [0.5, 0.6) is 5.75 Å². The van der Waals surface area contributed by atoms with Crippen LogP contribution in [0.1, 0.15) is 38.1 Å². The minimum atomic E-state index is -1.29. The van der Waals surface area contributed by atoms with Crippen LogP contribution in [0.15, 0.2) is 24.3 Å². The zero-order valence-electron chi connectivity index (χ0n) is 18.1. The topological polar surface area (TPSA) is 144 Å². The monoisotopic (exact) mass is 451 g/mol. The number of aldehydes is 1. The van der Waals surface area contributed by atoms with Crippen molar-refractivity contribution in [2.24, 2.45) is 0 Å². The normalized spacial score (nSPS) is 24.6. The lowest BCUT2D eigenvalue weighted by atomic mass is 9.96. The Morgan fingerprint density at radius 1 is 0.969 bits per heavy atom. The van der Waals surface area contributed by atoms with Crippen LogP contribution in [0.4, 0.5) is 0 Å². The van der Waals surface area contributed by atoms with Crippen LogP contribution in [0, 0.1) is 0 Å². The standard InChI is InChI=1S/C21H25NO10/c1-11(24)22-18-20(30-14(4)27)19(29-13(3)26)17(10-28-12(2)25)32-21(18)31-16-8-6-5-7-15(16)9-23/h5-9,17-21H,10H2,1-4H3,(H,22,24)/t17-,18+,19-,20-,21-/m1/s1. The van der Waals surface area contributed by atoms with Crippen molar-refractivity contribution in [1.82, 2.24) is 5.32 Å². The molecule has 2 rings (SSSR count). The smallest absolute Gasteiger partial charge is 0.303 e. The third-order valence-electron chi connectivity index (χ3n) is 4.36. The van der Waals surface area contributed by atoms with E-state index in [0.717, 1.165) is 13.8 Å². The van der Waals surface area contributed by atoms with E-state index in [4.69, 9.17) is 23.7 Å². The van der Waals surface area contributed by atoms with Crippen molar-refractivity contribution in [3.63, 3.8) is 0 Å². The minimum absolute atomic E-state index is 0.140. The molecule has 0 aliphatic carbocycles. The van der Waals surface area contributed by atoms with Gasteiger partial charge in [-0.3, -0.25) is 24.0 Å². The first-order valence-corrected chi connectivity index (χ1v) is 9.73. The molecule has 1 N–H and O–H groups in total. The molecule has 32 heavy (non-hydrogen) atoms. The summed E-state index contributed by atoms with van der Waals surface area (Å²) in [5.41, 5.74) is 0.209. The van der Waals surface area contributed by atoms with Gasteiger partial charge in [-0.2, -0.15) is 0 Å². The molecule has 0 unspecified atom stereocenters. The molecule has 1 amide bonds. The Hall–Kier alpha value is -3.47. The molecule has 1 fully saturated rings. The molecule has 0 saturated carbocycles. The van der Waals surface area contributed by atoms with Crippen molar-refractivity contribution in [2.45, 2.75) is 58.3 Å². The third kappa shape index (κ3) is 6.77. The summed E-state index contributed by atoms with van der Waals surface area (Å²) < 4.78 is 27.4. The van der Waals surface area contributed by atoms with E-state index >= 15 is 0 Å². The number of hydrogen-bond acceptors (Lipinski definition) is 10. The fourth-order valence-corrected chi connectivity index (χ4v) is 3.20. The summed E-state index contributed by atoms with van der Waals surface area (Å²) in [6.45, 7) is 4.34. The molecule has 0 aromatic heterocycles. The highest BCUT2D eigenvalue weighted by atomic mass is 16.7. The summed E-state index contributed by atoms with van der Waals surface area (Å²) in [6, 6.07) is 5.15. The van der Waals surface area contributed by atoms with Crippen molar-refractivity contribution in [3.05, 3.63) is 29.8 Å². The van der Waals surface area contributed by atoms with Gasteiger partial charge in [0, 0.05) is 27.7 Å². The lowest BCUT2D eigenvalue weighted by Gasteiger charge is -2.44. The molecule has 1 aliphatic rings. The van der Waals surface area contributed by atoms with Gasteiger partial charge < -0.3 is 29.0 Å². The van der Waals surface area contributed by atoms with Crippen molar-refractivity contribution >= 4 is 30.1 Å². The zero-order chi connectivity index (χ0) is 23.8. The van der Waals surface area contributed by atoms with E-state index in [1.54, 1.807) is 12.1 Å². The van der Waals surface area contributed by atoms with Crippen LogP contribution in [0.2, 0.25) is 0 Å². The van der Waals surface area contributed by atoms with E-state index in [1.165, 1.54) is 26.0 Å². The molecule has 1 heterocycles. The van der Waals surface area contributed by atoms with E-state index in [9.17, 15) is 24.0 Å². The largest absolute Gasteiger partial charge is 0.463 e. The molecule has 174 valence electrons. The lowest BCUT2D eigenvalue weighted by Crippen LogP contribution is -2.67. The molecule has 0 bridgehead atoms. The minimum Gasteiger partial charge on any atom is -0.463 e. The van der Waals surface area contributed by atoms with Gasteiger partial charge in [-0.15, -0.1) is 0 Å². The second kappa shape index (κ2) is 11.2. The number of ether oxygens (including phenoxy) is 5. The second-order valence-electron chi connectivity index (χ2n) is 6.99. The molecule has 11 nitrogen and oxygen atoms in total. The van der Waals surface area contributed by atoms with Crippen LogP contribution in [0.3, 0.4) is 0 Å². The fraction of sp³-hybridized carbons (Fsp3) is 0.476. The van der Waals surface area contributed by atoms with Crippen molar-refractivity contribution in [2.75, 3.05) is 6.61 Å². The number of benzene rings is 1. The number of carbonyl (C=O) groups excluding carboxylic acids is 5. The average Bonchev–Trinajstić information content (AvgIpc) is 2.70. The van der Waals surface area contributed by atoms with Crippen LogP contribution in [-0.4, -0.2) is 67.4 Å². The predicted molar refractivity (Wildman–Crippen MR) is 106 cm³/mol. The number of para-hydroxylation sites is 1. The predicted octanol–water partition coefficient (Wildman–Crippen LogP) is 0.534. The van der Waals surface area contributed by atoms with Gasteiger partial charge in [-0.25, -0.2) is 0 Å². The Balaban J connectivity index is 2.49. The molecule has 5 atom stereocenters. The maximum atomic E-state index is 11.9. The van der Waals surface area contributed by atoms with E-state index in [-0.39, 0.29) is 17.9 Å². The Morgan fingerprint density at radius 3 is 2.16 bits per heavy atom. The molecule has 11 heteroatoms. The van der Waals surface area contributed by atoms with E-state index in [2.05, 4.69) is 5.32 Å². The third-order valence-corrected chi connectivity index (χ3v) is 4.36. The van der Waals surface area contributed by atoms with E-state index < -0.39 is 54.5 Å². The maximum Gasteiger partial charge on any atom is 0.303 e. The van der Waals surface area contributed by atoms with Crippen molar-refractivity contribution in [1.29, 1.82) is 0 Å². The molecule has 1 saturated heterocycles. The molecular formula is C21H25NO10. The number of nitrogens with one attached hydrogen (secondary N) is 1. The number of amides is 1. The van der Waals surface area contributed by atoms with Gasteiger partial charge in [0.1, 0.15) is 24.5 Å². The Labute approximate surface area is 184 Å². The highest BCUT2D eigenvalue weighted by molar-refractivity contribution is 5.79. The Kier molecular flexibility index (Phi) is 8.71. The van der Waals surface area contributed by atoms with Crippen LogP contribution in [-0.2, 0) is 38.1 Å². The summed E-state index contributed by atoms with van der Waals surface area (Å²) in [4.78, 5) is 58.2. The summed E-state index contributed by atoms with van der Waals surface area (Å²) in [6.07, 6.45) is -4.30. The molecular weight excluding hydrogens is 426 g/mol. The molecule has 0 radical (unpaired) electrons. The summed E-state index contributed by atoms with van der Waals surface area (Å²) in [5, 5.41) is 2.58. The number of hydrogen-bond donors (Lipinski definition) is 1. The average molecular weight is 451 g/mol. The number of rotatable bonds is 8. The van der Waals surface area contributed by atoms with Crippen LogP contribution >= 0.6 is 0 Å². The quantitative estimate of drug-likeness (QED) is 0.338. The van der Waals surface area contributed by atoms with Crippen molar-refractivity contribution in [3.8, 4) is 5.75 Å². The Morgan fingerprint density at radius 2 is 1.59 bits per heavy atom. The van der Waals surface area contributed by atoms with Gasteiger partial charge in [-0.1, -0.05) is 12.1 Å². The van der Waals surface area contributed by atoms with Gasteiger partial charge >= 0.3 is 17.9 Å². The summed E-state index contributed by atoms with van der Waals surface area (Å²) >= 11 is 0. The van der Waals surface area contributed by atoms with Crippen LogP contribution < -0.4 is 10.1 Å². The molecule has 1 aromatic carbocycles. The second-order valence-corrected chi connectivity index (χ2v) is 6.99. The van der Waals surface area contributed by atoms with Gasteiger partial charge in [0.05, 0.1) is 5.56 Å². The lowest BCUT2D eigenvalue weighted by molar-refractivity contribution is -0.257. The first kappa shape index (κ1) is 24.8. The molecule has 1 aliphatic heterocycles. The number of esters is 3. The van der Waals surface area contributed by atoms with Crippen molar-refractivity contribution < 1.29 is 47.7 Å². The highest BCUT2D eigenvalue weighted by Crippen LogP contribution is 2.30.